The van der Waals surface area contributed by atoms with Crippen LogP contribution in [0.25, 0.3) is 0 Å². The zero-order valence-electron chi connectivity index (χ0n) is 7.88. The Hall–Kier alpha value is -0.340. The van der Waals surface area contributed by atoms with Crippen LogP contribution in [0, 0.1) is 0 Å². The van der Waals surface area contributed by atoms with E-state index in [1.165, 1.54) is 18.4 Å². The Morgan fingerprint density at radius 3 is 3.00 bits per heavy atom. The maximum absolute atomic E-state index is 5.91. The summed E-state index contributed by atoms with van der Waals surface area (Å²) in [6.45, 7) is 6.79. The quantitative estimate of drug-likeness (QED) is 0.652. The fourth-order valence-electron chi connectivity index (χ4n) is 1.70. The van der Waals surface area contributed by atoms with Gasteiger partial charge in [-0.25, -0.2) is 0 Å². The summed E-state index contributed by atoms with van der Waals surface area (Å²) in [6.07, 6.45) is 4.72. The fourth-order valence-corrected chi connectivity index (χ4v) is 1.70. The molecule has 70 valence electrons. The molecule has 1 saturated heterocycles. The highest BCUT2D eigenvalue weighted by Crippen LogP contribution is 2.18. The summed E-state index contributed by atoms with van der Waals surface area (Å²) in [7, 11) is 0. The number of rotatable bonds is 4. The van der Waals surface area contributed by atoms with Crippen molar-refractivity contribution in [1.29, 1.82) is 0 Å². The van der Waals surface area contributed by atoms with Crippen molar-refractivity contribution < 1.29 is 4.74 Å². The van der Waals surface area contributed by atoms with Crippen molar-refractivity contribution in [2.24, 2.45) is 5.73 Å². The van der Waals surface area contributed by atoms with Crippen molar-refractivity contribution in [3.63, 3.8) is 0 Å². The first-order valence-electron chi connectivity index (χ1n) is 4.70. The Balaban J connectivity index is 2.16. The average Bonchev–Trinajstić information content (AvgIpc) is 2.37. The van der Waals surface area contributed by atoms with Gasteiger partial charge in [0.25, 0.3) is 0 Å². The Kier molecular flexibility index (Phi) is 3.76. The summed E-state index contributed by atoms with van der Waals surface area (Å²) >= 11 is 0. The Bertz CT molecular complexity index is 150. The van der Waals surface area contributed by atoms with Crippen molar-refractivity contribution >= 4 is 0 Å². The maximum Gasteiger partial charge on any atom is 0.0590 e. The lowest BCUT2D eigenvalue weighted by Crippen LogP contribution is -2.25. The van der Waals surface area contributed by atoms with Crippen LogP contribution < -0.4 is 5.73 Å². The number of hydrogen-bond donors (Lipinski definition) is 1. The lowest BCUT2D eigenvalue weighted by molar-refractivity contribution is 0.0983. The summed E-state index contributed by atoms with van der Waals surface area (Å²) in [5, 5.41) is 0. The van der Waals surface area contributed by atoms with Crippen LogP contribution in [-0.4, -0.2) is 18.8 Å². The lowest BCUT2D eigenvalue weighted by Gasteiger charge is -2.15. The van der Waals surface area contributed by atoms with E-state index in [9.17, 15) is 0 Å². The van der Waals surface area contributed by atoms with Crippen LogP contribution in [0.15, 0.2) is 12.2 Å². The molecular formula is C10H19NO. The molecule has 1 aliphatic heterocycles. The molecule has 0 bridgehead atoms. The predicted molar refractivity (Wildman–Crippen MR) is 51.0 cm³/mol. The van der Waals surface area contributed by atoms with Gasteiger partial charge in [-0.15, -0.1) is 6.58 Å². The van der Waals surface area contributed by atoms with Crippen molar-refractivity contribution in [2.75, 3.05) is 6.61 Å². The highest BCUT2D eigenvalue weighted by Gasteiger charge is 2.18. The molecule has 0 radical (unpaired) electrons. The minimum atomic E-state index is 0.241. The molecule has 2 atom stereocenters. The zero-order chi connectivity index (χ0) is 8.97. The fraction of sp³-hybridized carbons (Fsp3) is 0.800. The first kappa shape index (κ1) is 9.75. The molecule has 1 aliphatic rings. The van der Waals surface area contributed by atoms with Crippen LogP contribution in [-0.2, 0) is 4.74 Å². The molecule has 1 heterocycles. The van der Waals surface area contributed by atoms with Gasteiger partial charge < -0.3 is 10.5 Å². The van der Waals surface area contributed by atoms with Crippen molar-refractivity contribution in [3.8, 4) is 0 Å². The molecule has 2 heteroatoms. The van der Waals surface area contributed by atoms with Crippen LogP contribution in [0.1, 0.15) is 32.6 Å². The molecule has 1 rings (SSSR count). The summed E-state index contributed by atoms with van der Waals surface area (Å²) in [6, 6.07) is 0.241. The highest BCUT2D eigenvalue weighted by molar-refractivity contribution is 4.92. The predicted octanol–water partition coefficient (Wildman–Crippen LogP) is 1.85. The van der Waals surface area contributed by atoms with Gasteiger partial charge in [0.2, 0.25) is 0 Å². The maximum atomic E-state index is 5.91. The van der Waals surface area contributed by atoms with Gasteiger partial charge >= 0.3 is 0 Å². The van der Waals surface area contributed by atoms with Gasteiger partial charge in [-0.2, -0.15) is 0 Å². The van der Waals surface area contributed by atoms with E-state index >= 15 is 0 Å². The second-order valence-electron chi connectivity index (χ2n) is 3.79. The molecular weight excluding hydrogens is 150 g/mol. The summed E-state index contributed by atoms with van der Waals surface area (Å²) in [5.74, 6) is 0. The lowest BCUT2D eigenvalue weighted by atomic mass is 10.0. The van der Waals surface area contributed by atoms with Crippen LogP contribution >= 0.6 is 0 Å². The number of nitrogens with two attached hydrogens (primary N) is 1. The van der Waals surface area contributed by atoms with E-state index in [0.717, 1.165) is 19.4 Å². The van der Waals surface area contributed by atoms with Gasteiger partial charge in [0.05, 0.1) is 6.10 Å². The molecule has 12 heavy (non-hydrogen) atoms. The van der Waals surface area contributed by atoms with E-state index in [0.29, 0.717) is 6.10 Å². The first-order valence-corrected chi connectivity index (χ1v) is 4.70. The molecule has 0 amide bonds. The standard InChI is InChI=1S/C10H19NO/c1-8(2)6-9(11)7-10-4-3-5-12-10/h9-10H,1,3-7,11H2,2H3. The van der Waals surface area contributed by atoms with Gasteiger partial charge in [0.15, 0.2) is 0 Å². The summed E-state index contributed by atoms with van der Waals surface area (Å²) in [4.78, 5) is 0. The highest BCUT2D eigenvalue weighted by atomic mass is 16.5. The van der Waals surface area contributed by atoms with Crippen molar-refractivity contribution in [2.45, 2.75) is 44.8 Å². The van der Waals surface area contributed by atoms with E-state index in [1.807, 2.05) is 6.92 Å². The largest absolute Gasteiger partial charge is 0.378 e. The molecule has 2 N–H and O–H groups in total. The Morgan fingerprint density at radius 2 is 2.50 bits per heavy atom. The van der Waals surface area contributed by atoms with E-state index in [1.54, 1.807) is 0 Å². The normalized spacial score (nSPS) is 25.7. The number of hydrogen-bond acceptors (Lipinski definition) is 2. The van der Waals surface area contributed by atoms with Crippen LogP contribution in [0.5, 0.6) is 0 Å². The summed E-state index contributed by atoms with van der Waals surface area (Å²) < 4.78 is 5.50. The van der Waals surface area contributed by atoms with Crippen LogP contribution in [0.2, 0.25) is 0 Å². The molecule has 0 aliphatic carbocycles. The summed E-state index contributed by atoms with van der Waals surface area (Å²) in [5.41, 5.74) is 7.08. The van der Waals surface area contributed by atoms with E-state index in [4.69, 9.17) is 10.5 Å². The molecule has 0 aromatic heterocycles. The smallest absolute Gasteiger partial charge is 0.0590 e. The first-order chi connectivity index (χ1) is 5.68. The van der Waals surface area contributed by atoms with Crippen molar-refractivity contribution in [3.05, 3.63) is 12.2 Å². The third kappa shape index (κ3) is 3.37. The third-order valence-electron chi connectivity index (χ3n) is 2.20. The molecule has 2 unspecified atom stereocenters. The van der Waals surface area contributed by atoms with Crippen LogP contribution in [0.3, 0.4) is 0 Å². The SMILES string of the molecule is C=C(C)CC(N)CC1CCCO1. The number of ether oxygens (including phenoxy) is 1. The van der Waals surface area contributed by atoms with E-state index < -0.39 is 0 Å². The van der Waals surface area contributed by atoms with Gasteiger partial charge in [-0.05, 0) is 32.6 Å². The Labute approximate surface area is 74.8 Å². The molecule has 0 saturated carbocycles. The Morgan fingerprint density at radius 1 is 1.75 bits per heavy atom. The average molecular weight is 169 g/mol. The molecule has 0 spiro atoms. The van der Waals surface area contributed by atoms with Crippen LogP contribution in [0.4, 0.5) is 0 Å². The van der Waals surface area contributed by atoms with Gasteiger partial charge in [-0.1, -0.05) is 5.57 Å². The zero-order valence-corrected chi connectivity index (χ0v) is 7.88. The second kappa shape index (κ2) is 4.63. The molecule has 0 aromatic carbocycles. The van der Waals surface area contributed by atoms with E-state index in [-0.39, 0.29) is 6.04 Å². The molecule has 1 fully saturated rings. The minimum Gasteiger partial charge on any atom is -0.378 e. The molecule has 0 aromatic rings. The molecule has 2 nitrogen and oxygen atoms in total. The van der Waals surface area contributed by atoms with Gasteiger partial charge in [-0.3, -0.25) is 0 Å². The second-order valence-corrected chi connectivity index (χ2v) is 3.79. The third-order valence-corrected chi connectivity index (χ3v) is 2.20. The monoisotopic (exact) mass is 169 g/mol. The van der Waals surface area contributed by atoms with Crippen molar-refractivity contribution in [1.82, 2.24) is 0 Å². The van der Waals surface area contributed by atoms with Gasteiger partial charge in [0, 0.05) is 12.6 Å². The van der Waals surface area contributed by atoms with Gasteiger partial charge in [0.1, 0.15) is 0 Å². The topological polar surface area (TPSA) is 35.2 Å². The van der Waals surface area contributed by atoms with E-state index in [2.05, 4.69) is 6.58 Å². The minimum absolute atomic E-state index is 0.241.